The molecule has 6 nitrogen and oxygen atoms in total. The normalized spacial score (nSPS) is 22.5. The zero-order valence-corrected chi connectivity index (χ0v) is 13.4. The van der Waals surface area contributed by atoms with E-state index in [-0.39, 0.29) is 17.5 Å². The number of amides is 1. The van der Waals surface area contributed by atoms with Gasteiger partial charge in [0, 0.05) is 19.0 Å². The Hall–Kier alpha value is -2.63. The lowest BCUT2D eigenvalue weighted by atomic mass is 9.89. The van der Waals surface area contributed by atoms with Crippen molar-refractivity contribution >= 4 is 11.7 Å². The predicted octanol–water partition coefficient (Wildman–Crippen LogP) is 2.49. The number of rotatable bonds is 2. The van der Waals surface area contributed by atoms with Gasteiger partial charge in [-0.15, -0.1) is 0 Å². The van der Waals surface area contributed by atoms with Gasteiger partial charge in [0.15, 0.2) is 5.78 Å². The number of benzene rings is 1. The fraction of sp³-hybridized carbons (Fsp3) is 0.389. The number of hydrogen-bond acceptors (Lipinski definition) is 5. The molecule has 2 aliphatic rings. The largest absolute Gasteiger partial charge is 0.484 e. The van der Waals surface area contributed by atoms with E-state index in [4.69, 9.17) is 9.26 Å². The molecule has 1 aromatic heterocycles. The number of para-hydroxylation sites is 1. The number of aryl methyl sites for hydroxylation is 1. The molecule has 0 radical (unpaired) electrons. The van der Waals surface area contributed by atoms with Crippen LogP contribution in [-0.4, -0.2) is 40.4 Å². The van der Waals surface area contributed by atoms with Crippen molar-refractivity contribution in [2.24, 2.45) is 0 Å². The van der Waals surface area contributed by atoms with Crippen molar-refractivity contribution in [2.75, 3.05) is 13.1 Å². The van der Waals surface area contributed by atoms with Crippen molar-refractivity contribution in [1.82, 2.24) is 10.1 Å². The molecule has 1 amide bonds. The van der Waals surface area contributed by atoms with Crippen LogP contribution in [0.15, 0.2) is 34.9 Å². The maximum atomic E-state index is 12.6. The first kappa shape index (κ1) is 14.9. The summed E-state index contributed by atoms with van der Waals surface area (Å²) in [7, 11) is 0. The van der Waals surface area contributed by atoms with E-state index in [0.717, 1.165) is 12.1 Å². The molecule has 2 aliphatic heterocycles. The van der Waals surface area contributed by atoms with Crippen LogP contribution in [0.5, 0.6) is 5.75 Å². The van der Waals surface area contributed by atoms with Crippen LogP contribution in [0, 0.1) is 0 Å². The number of Topliss-reactive ketones (excluding diaryl/α,β-unsaturated/α-hetero) is 1. The van der Waals surface area contributed by atoms with E-state index in [1.54, 1.807) is 17.0 Å². The molecule has 6 heteroatoms. The Labute approximate surface area is 139 Å². The molecular weight excluding hydrogens is 308 g/mol. The van der Waals surface area contributed by atoms with Gasteiger partial charge in [-0.2, -0.15) is 0 Å². The van der Waals surface area contributed by atoms with Crippen molar-refractivity contribution in [1.29, 1.82) is 0 Å². The van der Waals surface area contributed by atoms with Gasteiger partial charge in [-0.3, -0.25) is 9.59 Å². The quantitative estimate of drug-likeness (QED) is 0.848. The number of likely N-dealkylation sites (tertiary alicyclic amines) is 1. The second kappa shape index (κ2) is 5.47. The smallest absolute Gasteiger partial charge is 0.292 e. The van der Waals surface area contributed by atoms with Crippen LogP contribution >= 0.6 is 0 Å². The fourth-order valence-corrected chi connectivity index (χ4v) is 3.42. The van der Waals surface area contributed by atoms with E-state index in [2.05, 4.69) is 5.16 Å². The van der Waals surface area contributed by atoms with E-state index in [9.17, 15) is 9.59 Å². The second-order valence-electron chi connectivity index (χ2n) is 6.39. The van der Waals surface area contributed by atoms with E-state index in [0.29, 0.717) is 37.2 Å². The summed E-state index contributed by atoms with van der Waals surface area (Å²) in [4.78, 5) is 26.7. The number of hydrogen-bond donors (Lipinski definition) is 0. The summed E-state index contributed by atoms with van der Waals surface area (Å²) >= 11 is 0. The molecule has 0 N–H and O–H groups in total. The van der Waals surface area contributed by atoms with Crippen molar-refractivity contribution < 1.29 is 18.8 Å². The molecule has 124 valence electrons. The Morgan fingerprint density at radius 2 is 2.21 bits per heavy atom. The lowest BCUT2D eigenvalue weighted by Gasteiger charge is -2.34. The van der Waals surface area contributed by atoms with Gasteiger partial charge in [0.05, 0.1) is 24.2 Å². The highest BCUT2D eigenvalue weighted by atomic mass is 16.5. The Morgan fingerprint density at radius 1 is 1.38 bits per heavy atom. The van der Waals surface area contributed by atoms with Crippen LogP contribution in [0.4, 0.5) is 0 Å². The number of carbonyl (C=O) groups excluding carboxylic acids is 2. The lowest BCUT2D eigenvalue weighted by Crippen LogP contribution is -2.45. The fourth-order valence-electron chi connectivity index (χ4n) is 3.42. The lowest BCUT2D eigenvalue weighted by molar-refractivity contribution is 0.0419. The summed E-state index contributed by atoms with van der Waals surface area (Å²) in [5.41, 5.74) is 0.746. The number of aromatic nitrogens is 1. The topological polar surface area (TPSA) is 72.6 Å². The SMILES string of the molecule is CCc1cc(C(=O)N2CC[C@@]3(CC(=O)c4ccccc4O3)C2)on1. The van der Waals surface area contributed by atoms with E-state index in [1.807, 2.05) is 25.1 Å². The van der Waals surface area contributed by atoms with Gasteiger partial charge in [-0.05, 0) is 18.6 Å². The van der Waals surface area contributed by atoms with E-state index < -0.39 is 5.60 Å². The molecule has 1 spiro atoms. The highest BCUT2D eigenvalue weighted by Gasteiger charge is 2.47. The summed E-state index contributed by atoms with van der Waals surface area (Å²) in [6.45, 7) is 2.88. The van der Waals surface area contributed by atoms with Gasteiger partial charge in [-0.25, -0.2) is 0 Å². The minimum atomic E-state index is -0.630. The molecule has 0 saturated carbocycles. The summed E-state index contributed by atoms with van der Waals surface area (Å²) < 4.78 is 11.3. The second-order valence-corrected chi connectivity index (χ2v) is 6.39. The first-order valence-corrected chi connectivity index (χ1v) is 8.16. The third-order valence-corrected chi connectivity index (χ3v) is 4.73. The predicted molar refractivity (Wildman–Crippen MR) is 85.2 cm³/mol. The van der Waals surface area contributed by atoms with Crippen LogP contribution in [0.3, 0.4) is 0 Å². The van der Waals surface area contributed by atoms with Gasteiger partial charge in [0.2, 0.25) is 5.76 Å². The maximum Gasteiger partial charge on any atom is 0.292 e. The first-order chi connectivity index (χ1) is 11.6. The molecule has 2 aromatic rings. The summed E-state index contributed by atoms with van der Waals surface area (Å²) in [5.74, 6) is 0.718. The van der Waals surface area contributed by atoms with Gasteiger partial charge in [0.1, 0.15) is 11.4 Å². The molecule has 1 fully saturated rings. The van der Waals surface area contributed by atoms with Gasteiger partial charge in [-0.1, -0.05) is 24.2 Å². The standard InChI is InChI=1S/C18H18N2O4/c1-2-12-9-16(24-19-12)17(22)20-8-7-18(11-20)10-14(21)13-5-3-4-6-15(13)23-18/h3-6,9H,2,7-8,10-11H2,1H3/t18-/m1/s1. The van der Waals surface area contributed by atoms with Crippen molar-refractivity contribution in [3.05, 3.63) is 47.3 Å². The summed E-state index contributed by atoms with van der Waals surface area (Å²) in [6, 6.07) is 8.95. The van der Waals surface area contributed by atoms with Crippen LogP contribution in [0.25, 0.3) is 0 Å². The zero-order chi connectivity index (χ0) is 16.7. The highest BCUT2D eigenvalue weighted by molar-refractivity contribution is 6.00. The molecule has 1 saturated heterocycles. The molecule has 3 heterocycles. The Kier molecular flexibility index (Phi) is 3.40. The third-order valence-electron chi connectivity index (χ3n) is 4.73. The van der Waals surface area contributed by atoms with E-state index in [1.165, 1.54) is 0 Å². The maximum absolute atomic E-state index is 12.6. The molecule has 0 bridgehead atoms. The van der Waals surface area contributed by atoms with Crippen molar-refractivity contribution in [3.63, 3.8) is 0 Å². The third kappa shape index (κ3) is 2.38. The number of ketones is 1. The number of carbonyl (C=O) groups is 2. The van der Waals surface area contributed by atoms with Crippen LogP contribution in [-0.2, 0) is 6.42 Å². The number of fused-ring (bicyclic) bond motifs is 1. The monoisotopic (exact) mass is 326 g/mol. The van der Waals surface area contributed by atoms with Crippen LogP contribution in [0.2, 0.25) is 0 Å². The van der Waals surface area contributed by atoms with Gasteiger partial charge < -0.3 is 14.2 Å². The Bertz CT molecular complexity index is 813. The number of nitrogens with zero attached hydrogens (tertiary/aromatic N) is 2. The minimum absolute atomic E-state index is 0.0686. The summed E-state index contributed by atoms with van der Waals surface area (Å²) in [6.07, 6.45) is 1.65. The Balaban J connectivity index is 1.54. The van der Waals surface area contributed by atoms with Crippen molar-refractivity contribution in [3.8, 4) is 5.75 Å². The van der Waals surface area contributed by atoms with Crippen LogP contribution in [0.1, 0.15) is 46.4 Å². The summed E-state index contributed by atoms with van der Waals surface area (Å²) in [5, 5.41) is 3.87. The number of ether oxygens (including phenoxy) is 1. The van der Waals surface area contributed by atoms with Crippen molar-refractivity contribution in [2.45, 2.75) is 31.8 Å². The first-order valence-electron chi connectivity index (χ1n) is 8.16. The minimum Gasteiger partial charge on any atom is -0.484 e. The van der Waals surface area contributed by atoms with Gasteiger partial charge in [0.25, 0.3) is 5.91 Å². The average molecular weight is 326 g/mol. The van der Waals surface area contributed by atoms with Crippen LogP contribution < -0.4 is 4.74 Å². The van der Waals surface area contributed by atoms with Gasteiger partial charge >= 0.3 is 0 Å². The Morgan fingerprint density at radius 3 is 3.00 bits per heavy atom. The molecule has 0 unspecified atom stereocenters. The molecule has 0 aliphatic carbocycles. The highest BCUT2D eigenvalue weighted by Crippen LogP contribution is 2.38. The molecule has 24 heavy (non-hydrogen) atoms. The van der Waals surface area contributed by atoms with E-state index >= 15 is 0 Å². The molecule has 1 aromatic carbocycles. The average Bonchev–Trinajstić information content (AvgIpc) is 3.22. The molecule has 1 atom stereocenters. The zero-order valence-electron chi connectivity index (χ0n) is 13.4. The molecular formula is C18H18N2O4. The molecule has 4 rings (SSSR count).